The molecule has 4 N–H and O–H groups in total. The topological polar surface area (TPSA) is 178 Å². The van der Waals surface area contributed by atoms with Crippen LogP contribution in [0.5, 0.6) is 0 Å². The summed E-state index contributed by atoms with van der Waals surface area (Å²) in [6.07, 6.45) is 44.2. The highest BCUT2D eigenvalue weighted by Crippen LogP contribution is 2.26. The molecule has 1 fully saturated rings. The molecular weight excluding hydrogens is 849 g/mol. The number of esters is 1. The van der Waals surface area contributed by atoms with Crippen LogP contribution in [0.2, 0.25) is 0 Å². The maximum Gasteiger partial charge on any atom is 0.397 e. The monoisotopic (exact) mass is 943 g/mol. The summed E-state index contributed by atoms with van der Waals surface area (Å²) >= 11 is 0. The Balaban J connectivity index is 2.38. The number of unbranched alkanes of at least 4 members (excludes halogenated alkanes) is 24. The molecule has 1 saturated heterocycles. The molecule has 0 aromatic carbocycles. The highest BCUT2D eigenvalue weighted by molar-refractivity contribution is 7.80. The standard InChI is InChI=1S/C52H94O12S/c1-3-5-7-9-11-13-15-17-19-21-22-23-24-25-27-29-31-33-35-37-39-41-48(54)62-46(45-61-52-50(56)51(64-65(57,58)59)49(55)47(43-53)63-52)44-60-42-40-38-36-34-32-30-28-26-20-18-16-14-12-10-8-6-4-2/h15,17,20-22,24-26,46-47,49-53,55-56H,3-14,16,18-19,23,27-45H2,1-2H3,(H,57,58,59)/b17-15-,22-21-,25-24-,26-20-. The average molecular weight is 943 g/mol. The maximum absolute atomic E-state index is 12.9. The minimum atomic E-state index is -5.07. The molecule has 0 bridgehead atoms. The maximum atomic E-state index is 12.9. The van der Waals surface area contributed by atoms with Gasteiger partial charge in [0.05, 0.1) is 19.8 Å². The van der Waals surface area contributed by atoms with Gasteiger partial charge in [0.15, 0.2) is 6.29 Å². The molecule has 65 heavy (non-hydrogen) atoms. The van der Waals surface area contributed by atoms with Crippen LogP contribution in [-0.4, -0.2) is 97.5 Å². The second-order valence-corrected chi connectivity index (χ2v) is 18.8. The molecule has 0 aliphatic carbocycles. The number of aliphatic hydroxyl groups is 3. The van der Waals surface area contributed by atoms with Crippen molar-refractivity contribution in [3.63, 3.8) is 0 Å². The number of rotatable bonds is 45. The normalized spacial score (nSPS) is 20.0. The second kappa shape index (κ2) is 43.3. The van der Waals surface area contributed by atoms with E-state index in [1.54, 1.807) is 0 Å². The molecule has 1 heterocycles. The summed E-state index contributed by atoms with van der Waals surface area (Å²) in [5.41, 5.74) is 0. The predicted octanol–water partition coefficient (Wildman–Crippen LogP) is 11.9. The highest BCUT2D eigenvalue weighted by atomic mass is 32.3. The Kier molecular flexibility index (Phi) is 40.7. The van der Waals surface area contributed by atoms with Crippen molar-refractivity contribution in [2.24, 2.45) is 0 Å². The Bertz CT molecular complexity index is 1320. The minimum absolute atomic E-state index is 0.0259. The third-order valence-electron chi connectivity index (χ3n) is 11.7. The largest absolute Gasteiger partial charge is 0.457 e. The summed E-state index contributed by atoms with van der Waals surface area (Å²) in [4.78, 5) is 12.9. The van der Waals surface area contributed by atoms with E-state index in [1.807, 2.05) is 0 Å². The molecule has 12 nitrogen and oxygen atoms in total. The van der Waals surface area contributed by atoms with Crippen LogP contribution >= 0.6 is 0 Å². The zero-order valence-electron chi connectivity index (χ0n) is 40.8. The lowest BCUT2D eigenvalue weighted by molar-refractivity contribution is -0.301. The van der Waals surface area contributed by atoms with E-state index in [9.17, 15) is 33.1 Å². The number of allylic oxidation sites excluding steroid dienone is 8. The van der Waals surface area contributed by atoms with Gasteiger partial charge in [-0.2, -0.15) is 8.42 Å². The van der Waals surface area contributed by atoms with Crippen molar-refractivity contribution in [2.75, 3.05) is 26.4 Å². The van der Waals surface area contributed by atoms with E-state index in [-0.39, 0.29) is 19.6 Å². The molecule has 0 aromatic rings. The Morgan fingerprint density at radius 3 is 1.49 bits per heavy atom. The SMILES string of the molecule is CCCCCCC/C=C\C/C=C\C/C=C\CCCCCCCCC(=O)OC(COCCCCCCCC/C=C\CCCCCCCCC)COC1OC(CO)C(O)C(OS(=O)(=O)O)C1O. The van der Waals surface area contributed by atoms with Gasteiger partial charge in [0.1, 0.15) is 30.5 Å². The molecule has 1 rings (SSSR count). The summed E-state index contributed by atoms with van der Waals surface area (Å²) in [5.74, 6) is -0.413. The third kappa shape index (κ3) is 36.7. The van der Waals surface area contributed by atoms with Gasteiger partial charge in [0.25, 0.3) is 0 Å². The zero-order valence-corrected chi connectivity index (χ0v) is 41.6. The first-order valence-electron chi connectivity index (χ1n) is 25.9. The lowest BCUT2D eigenvalue weighted by Gasteiger charge is -2.41. The van der Waals surface area contributed by atoms with Crippen molar-refractivity contribution in [3.05, 3.63) is 48.6 Å². The number of hydrogen-bond acceptors (Lipinski definition) is 11. The molecule has 380 valence electrons. The fraction of sp³-hybridized carbons (Fsp3) is 0.827. The van der Waals surface area contributed by atoms with Crippen LogP contribution in [0.25, 0.3) is 0 Å². The van der Waals surface area contributed by atoms with Gasteiger partial charge in [0, 0.05) is 13.0 Å². The molecule has 0 aromatic heterocycles. The van der Waals surface area contributed by atoms with E-state index < -0.39 is 59.8 Å². The molecule has 0 amide bonds. The summed E-state index contributed by atoms with van der Waals surface area (Å²) in [7, 11) is -5.07. The Labute approximate surface area is 396 Å². The number of hydrogen-bond donors (Lipinski definition) is 4. The highest BCUT2D eigenvalue weighted by Gasteiger charge is 2.48. The summed E-state index contributed by atoms with van der Waals surface area (Å²) in [6, 6.07) is 0. The molecule has 0 spiro atoms. The van der Waals surface area contributed by atoms with E-state index in [0.717, 1.165) is 77.0 Å². The Hall–Kier alpha value is -1.94. The fourth-order valence-electron chi connectivity index (χ4n) is 7.73. The zero-order chi connectivity index (χ0) is 47.5. The van der Waals surface area contributed by atoms with Crippen molar-refractivity contribution in [1.29, 1.82) is 0 Å². The lowest BCUT2D eigenvalue weighted by Crippen LogP contribution is -2.60. The predicted molar refractivity (Wildman–Crippen MR) is 262 cm³/mol. The van der Waals surface area contributed by atoms with Crippen molar-refractivity contribution in [3.8, 4) is 0 Å². The number of carbonyl (C=O) groups excluding carboxylic acids is 1. The molecule has 13 heteroatoms. The van der Waals surface area contributed by atoms with Gasteiger partial charge >= 0.3 is 16.4 Å². The first-order valence-corrected chi connectivity index (χ1v) is 27.3. The Morgan fingerprint density at radius 2 is 1.02 bits per heavy atom. The molecule has 6 unspecified atom stereocenters. The molecule has 6 atom stereocenters. The van der Waals surface area contributed by atoms with E-state index in [0.29, 0.717) is 13.0 Å². The average Bonchev–Trinajstić information content (AvgIpc) is 3.28. The van der Waals surface area contributed by atoms with Gasteiger partial charge in [-0.1, -0.05) is 178 Å². The molecular formula is C52H94O12S. The number of carbonyl (C=O) groups is 1. The fourth-order valence-corrected chi connectivity index (χ4v) is 8.24. The van der Waals surface area contributed by atoms with Crippen molar-refractivity contribution < 1.29 is 56.2 Å². The van der Waals surface area contributed by atoms with E-state index in [4.69, 9.17) is 18.9 Å². The van der Waals surface area contributed by atoms with Crippen LogP contribution in [0.1, 0.15) is 213 Å². The Morgan fingerprint density at radius 1 is 0.585 bits per heavy atom. The van der Waals surface area contributed by atoms with Crippen LogP contribution in [0, 0.1) is 0 Å². The lowest BCUT2D eigenvalue weighted by atomic mass is 9.99. The van der Waals surface area contributed by atoms with E-state index in [2.05, 4.69) is 66.6 Å². The third-order valence-corrected chi connectivity index (χ3v) is 12.1. The van der Waals surface area contributed by atoms with Crippen molar-refractivity contribution in [2.45, 2.75) is 250 Å². The number of ether oxygens (including phenoxy) is 4. The quantitative estimate of drug-likeness (QED) is 0.0197. The van der Waals surface area contributed by atoms with Gasteiger partial charge in [-0.3, -0.25) is 9.35 Å². The molecule has 1 aliphatic heterocycles. The van der Waals surface area contributed by atoms with Crippen LogP contribution in [0.4, 0.5) is 0 Å². The summed E-state index contributed by atoms with van der Waals surface area (Å²) < 4.78 is 59.2. The van der Waals surface area contributed by atoms with Crippen molar-refractivity contribution >= 4 is 16.4 Å². The molecule has 1 aliphatic rings. The van der Waals surface area contributed by atoms with Gasteiger partial charge < -0.3 is 34.3 Å². The smallest absolute Gasteiger partial charge is 0.397 e. The summed E-state index contributed by atoms with van der Waals surface area (Å²) in [5, 5.41) is 30.8. The first kappa shape index (κ1) is 61.1. The van der Waals surface area contributed by atoms with Crippen LogP contribution in [-0.2, 0) is 38.3 Å². The van der Waals surface area contributed by atoms with Gasteiger partial charge in [-0.15, -0.1) is 0 Å². The first-order chi connectivity index (χ1) is 31.6. The van der Waals surface area contributed by atoms with Crippen LogP contribution in [0.15, 0.2) is 48.6 Å². The van der Waals surface area contributed by atoms with Crippen molar-refractivity contribution in [1.82, 2.24) is 0 Å². The van der Waals surface area contributed by atoms with Gasteiger partial charge in [-0.05, 0) is 77.0 Å². The van der Waals surface area contributed by atoms with Gasteiger partial charge in [0.2, 0.25) is 0 Å². The minimum Gasteiger partial charge on any atom is -0.457 e. The van der Waals surface area contributed by atoms with Crippen LogP contribution < -0.4 is 0 Å². The molecule has 0 saturated carbocycles. The second-order valence-electron chi connectivity index (χ2n) is 17.8. The van der Waals surface area contributed by atoms with Crippen LogP contribution in [0.3, 0.4) is 0 Å². The summed E-state index contributed by atoms with van der Waals surface area (Å²) in [6.45, 7) is 3.96. The number of aliphatic hydroxyl groups excluding tert-OH is 3. The molecule has 0 radical (unpaired) electrons. The van der Waals surface area contributed by atoms with E-state index in [1.165, 1.54) is 109 Å². The van der Waals surface area contributed by atoms with Gasteiger partial charge in [-0.25, -0.2) is 4.18 Å². The van der Waals surface area contributed by atoms with E-state index >= 15 is 0 Å².